The van der Waals surface area contributed by atoms with Gasteiger partial charge in [0.15, 0.2) is 4.75 Å². The molecule has 28 heavy (non-hydrogen) atoms. The van der Waals surface area contributed by atoms with E-state index in [-0.39, 0.29) is 4.75 Å². The summed E-state index contributed by atoms with van der Waals surface area (Å²) in [6.45, 7) is 0. The van der Waals surface area contributed by atoms with Crippen LogP contribution in [0.25, 0.3) is 10.9 Å². The first-order chi connectivity index (χ1) is 13.6. The SMILES string of the molecule is CN(C)c1cccc(C2CCCCC23c2[nH]c4ccccc4c2CC[S+]3[O-])c1. The van der Waals surface area contributed by atoms with Crippen LogP contribution in [0.3, 0.4) is 0 Å². The average molecular weight is 393 g/mol. The monoisotopic (exact) mass is 392 g/mol. The van der Waals surface area contributed by atoms with Crippen LogP contribution < -0.4 is 4.90 Å². The van der Waals surface area contributed by atoms with Crippen molar-refractivity contribution in [1.29, 1.82) is 0 Å². The van der Waals surface area contributed by atoms with Crippen molar-refractivity contribution in [3.63, 3.8) is 0 Å². The molecule has 1 N–H and O–H groups in total. The van der Waals surface area contributed by atoms with Crippen LogP contribution in [0.2, 0.25) is 0 Å². The van der Waals surface area contributed by atoms with Crippen LogP contribution in [0.4, 0.5) is 5.69 Å². The molecular weight excluding hydrogens is 364 g/mol. The Kier molecular flexibility index (Phi) is 4.44. The largest absolute Gasteiger partial charge is 0.616 e. The van der Waals surface area contributed by atoms with Gasteiger partial charge in [-0.2, -0.15) is 0 Å². The summed E-state index contributed by atoms with van der Waals surface area (Å²) in [4.78, 5) is 5.90. The van der Waals surface area contributed by atoms with E-state index in [1.54, 1.807) is 0 Å². The van der Waals surface area contributed by atoms with Crippen molar-refractivity contribution in [1.82, 2.24) is 4.98 Å². The lowest BCUT2D eigenvalue weighted by atomic mass is 9.72. The number of rotatable bonds is 2. The Morgan fingerprint density at radius 2 is 1.96 bits per heavy atom. The number of aromatic amines is 1. The molecule has 146 valence electrons. The van der Waals surface area contributed by atoms with Crippen molar-refractivity contribution in [2.24, 2.45) is 0 Å². The Morgan fingerprint density at radius 1 is 1.11 bits per heavy atom. The topological polar surface area (TPSA) is 42.1 Å². The molecule has 2 aliphatic rings. The molecule has 0 bridgehead atoms. The number of hydrogen-bond acceptors (Lipinski definition) is 2. The lowest BCUT2D eigenvalue weighted by Gasteiger charge is -2.47. The Hall–Kier alpha value is -1.91. The predicted octanol–water partition coefficient (Wildman–Crippen LogP) is 5.09. The average Bonchev–Trinajstić information content (AvgIpc) is 3.11. The molecule has 3 atom stereocenters. The van der Waals surface area contributed by atoms with Gasteiger partial charge in [0.05, 0.1) is 5.69 Å². The van der Waals surface area contributed by atoms with Crippen LogP contribution >= 0.6 is 0 Å². The van der Waals surface area contributed by atoms with Crippen molar-refractivity contribution in [2.75, 3.05) is 24.7 Å². The zero-order valence-corrected chi connectivity index (χ0v) is 17.5. The van der Waals surface area contributed by atoms with E-state index in [1.165, 1.54) is 39.8 Å². The van der Waals surface area contributed by atoms with Gasteiger partial charge < -0.3 is 14.4 Å². The van der Waals surface area contributed by atoms with Gasteiger partial charge in [0.2, 0.25) is 0 Å². The van der Waals surface area contributed by atoms with E-state index in [4.69, 9.17) is 0 Å². The number of fused-ring (bicyclic) bond motifs is 4. The number of nitrogens with one attached hydrogen (secondary N) is 1. The number of nitrogens with zero attached hydrogens (tertiary/aromatic N) is 1. The molecule has 3 unspecified atom stereocenters. The molecule has 2 aromatic carbocycles. The minimum atomic E-state index is -0.866. The number of benzene rings is 2. The smallest absolute Gasteiger partial charge is 0.172 e. The molecule has 3 nitrogen and oxygen atoms in total. The van der Waals surface area contributed by atoms with Gasteiger partial charge in [-0.15, -0.1) is 0 Å². The maximum Gasteiger partial charge on any atom is 0.172 e. The second-order valence-electron chi connectivity index (χ2n) is 8.50. The van der Waals surface area contributed by atoms with Crippen LogP contribution in [0.5, 0.6) is 0 Å². The zero-order chi connectivity index (χ0) is 19.3. The number of para-hydroxylation sites is 1. The van der Waals surface area contributed by atoms with Crippen molar-refractivity contribution < 1.29 is 4.55 Å². The summed E-state index contributed by atoms with van der Waals surface area (Å²) in [7, 11) is 4.18. The highest BCUT2D eigenvalue weighted by atomic mass is 32.2. The standard InChI is InChI=1S/C24H28N2OS/c1-26(2)18-9-7-8-17(16-18)21-11-5-6-14-24(21)23-20(13-15-28(24)27)19-10-3-4-12-22(19)25-23/h3-4,7-10,12,16,21,25H,5-6,11,13-15H2,1-2H3. The lowest BCUT2D eigenvalue weighted by molar-refractivity contribution is 0.321. The van der Waals surface area contributed by atoms with E-state index < -0.39 is 11.2 Å². The van der Waals surface area contributed by atoms with E-state index >= 15 is 0 Å². The molecule has 1 spiro atoms. The molecule has 0 radical (unpaired) electrons. The molecule has 5 rings (SSSR count). The molecule has 2 heterocycles. The van der Waals surface area contributed by atoms with Gasteiger partial charge in [-0.25, -0.2) is 0 Å². The highest BCUT2D eigenvalue weighted by molar-refractivity contribution is 7.92. The minimum Gasteiger partial charge on any atom is -0.616 e. The van der Waals surface area contributed by atoms with Crippen LogP contribution in [0.15, 0.2) is 48.5 Å². The fourth-order valence-corrected chi connectivity index (χ4v) is 7.58. The third-order valence-electron chi connectivity index (χ3n) is 6.82. The first-order valence-corrected chi connectivity index (χ1v) is 11.7. The van der Waals surface area contributed by atoms with Crippen LogP contribution in [0.1, 0.15) is 48.4 Å². The van der Waals surface area contributed by atoms with Crippen LogP contribution in [-0.4, -0.2) is 29.4 Å². The molecule has 0 amide bonds. The Morgan fingerprint density at radius 3 is 2.82 bits per heavy atom. The summed E-state index contributed by atoms with van der Waals surface area (Å²) in [5, 5.41) is 1.32. The minimum absolute atomic E-state index is 0.282. The van der Waals surface area contributed by atoms with E-state index in [1.807, 2.05) is 0 Å². The van der Waals surface area contributed by atoms with Crippen molar-refractivity contribution in [2.45, 2.75) is 42.8 Å². The summed E-state index contributed by atoms with van der Waals surface area (Å²) < 4.78 is 13.4. The van der Waals surface area contributed by atoms with E-state index in [9.17, 15) is 4.55 Å². The Labute approximate surface area is 170 Å². The maximum atomic E-state index is 13.7. The Bertz CT molecular complexity index is 1010. The lowest BCUT2D eigenvalue weighted by Crippen LogP contribution is -2.48. The molecule has 1 aliphatic heterocycles. The normalized spacial score (nSPS) is 27.1. The van der Waals surface area contributed by atoms with Gasteiger partial charge >= 0.3 is 0 Å². The van der Waals surface area contributed by atoms with Gasteiger partial charge in [-0.1, -0.05) is 36.8 Å². The quantitative estimate of drug-likeness (QED) is 0.617. The molecule has 3 aromatic rings. The second kappa shape index (κ2) is 6.85. The number of anilines is 1. The first kappa shape index (κ1) is 18.1. The Balaban J connectivity index is 1.71. The fraction of sp³-hybridized carbons (Fsp3) is 0.417. The number of hydrogen-bond donors (Lipinski definition) is 1. The van der Waals surface area contributed by atoms with E-state index in [0.29, 0.717) is 5.92 Å². The highest BCUT2D eigenvalue weighted by Crippen LogP contribution is 2.56. The van der Waals surface area contributed by atoms with Crippen LogP contribution in [0, 0.1) is 0 Å². The van der Waals surface area contributed by atoms with Crippen LogP contribution in [-0.2, 0) is 22.3 Å². The van der Waals surface area contributed by atoms with Gasteiger partial charge in [0, 0.05) is 49.4 Å². The third-order valence-corrected chi connectivity index (χ3v) is 8.90. The summed E-state index contributed by atoms with van der Waals surface area (Å²) in [6.07, 6.45) is 5.40. The second-order valence-corrected chi connectivity index (χ2v) is 10.3. The molecule has 1 aromatic heterocycles. The third kappa shape index (κ3) is 2.61. The van der Waals surface area contributed by atoms with E-state index in [0.717, 1.165) is 31.4 Å². The van der Waals surface area contributed by atoms with Crippen molar-refractivity contribution in [3.8, 4) is 0 Å². The highest BCUT2D eigenvalue weighted by Gasteiger charge is 2.56. The molecule has 1 saturated carbocycles. The van der Waals surface area contributed by atoms with Gasteiger partial charge in [0.1, 0.15) is 5.75 Å². The molecular formula is C24H28N2OS. The summed E-state index contributed by atoms with van der Waals surface area (Å²) in [5.41, 5.74) is 6.42. The summed E-state index contributed by atoms with van der Waals surface area (Å²) in [5.74, 6) is 1.08. The first-order valence-electron chi connectivity index (χ1n) is 10.4. The molecule has 1 fully saturated rings. The predicted molar refractivity (Wildman–Crippen MR) is 119 cm³/mol. The van der Waals surface area contributed by atoms with Gasteiger partial charge in [-0.3, -0.25) is 0 Å². The number of aromatic nitrogens is 1. The van der Waals surface area contributed by atoms with Crippen molar-refractivity contribution in [3.05, 3.63) is 65.4 Å². The molecule has 4 heteroatoms. The van der Waals surface area contributed by atoms with E-state index in [2.05, 4.69) is 72.5 Å². The zero-order valence-electron chi connectivity index (χ0n) is 16.7. The molecule has 0 saturated heterocycles. The van der Waals surface area contributed by atoms with Gasteiger partial charge in [-0.05, 0) is 53.3 Å². The van der Waals surface area contributed by atoms with Crippen molar-refractivity contribution >= 4 is 27.8 Å². The number of aryl methyl sites for hydroxylation is 1. The van der Waals surface area contributed by atoms with Gasteiger partial charge in [0.25, 0.3) is 0 Å². The summed E-state index contributed by atoms with van der Waals surface area (Å²) in [6, 6.07) is 17.5. The fourth-order valence-electron chi connectivity index (χ4n) is 5.48. The maximum absolute atomic E-state index is 13.7. The molecule has 1 aliphatic carbocycles. The number of H-pyrrole nitrogens is 1. The summed E-state index contributed by atoms with van der Waals surface area (Å²) >= 11 is -0.866.